The van der Waals surface area contributed by atoms with Gasteiger partial charge in [-0.1, -0.05) is 35.8 Å². The molecule has 0 saturated heterocycles. The quantitative estimate of drug-likeness (QED) is 0.865. The molecule has 1 aromatic carbocycles. The normalized spacial score (nSPS) is 26.5. The SMILES string of the molecule is [B]c1cccc(C2(C3C=CC(OC(F)(F)F)=CC3)C=C(N)OC2)c1. The molecule has 24 heavy (non-hydrogen) atoms. The zero-order valence-electron chi connectivity index (χ0n) is 12.7. The van der Waals surface area contributed by atoms with Crippen molar-refractivity contribution in [2.24, 2.45) is 11.7 Å². The number of alkyl halides is 3. The molecule has 2 unspecified atom stereocenters. The second kappa shape index (κ2) is 5.96. The number of hydrogen-bond acceptors (Lipinski definition) is 3. The molecule has 2 aliphatic rings. The van der Waals surface area contributed by atoms with Crippen LogP contribution in [0.2, 0.25) is 0 Å². The molecule has 2 radical (unpaired) electrons. The largest absolute Gasteiger partial charge is 0.573 e. The first-order valence-electron chi connectivity index (χ1n) is 7.40. The Labute approximate surface area is 139 Å². The highest BCUT2D eigenvalue weighted by molar-refractivity contribution is 6.32. The zero-order chi connectivity index (χ0) is 17.4. The van der Waals surface area contributed by atoms with Gasteiger partial charge in [0.25, 0.3) is 0 Å². The molecule has 124 valence electrons. The van der Waals surface area contributed by atoms with Crippen molar-refractivity contribution in [3.05, 3.63) is 65.8 Å². The summed E-state index contributed by atoms with van der Waals surface area (Å²) >= 11 is 0. The molecule has 7 heteroatoms. The summed E-state index contributed by atoms with van der Waals surface area (Å²) < 4.78 is 46.4. The van der Waals surface area contributed by atoms with E-state index in [9.17, 15) is 13.2 Å². The lowest BCUT2D eigenvalue weighted by Gasteiger charge is -2.34. The minimum absolute atomic E-state index is 0.124. The van der Waals surface area contributed by atoms with Crippen LogP contribution in [0.4, 0.5) is 13.2 Å². The maximum Gasteiger partial charge on any atom is 0.573 e. The number of allylic oxidation sites excluding steroid dienone is 3. The van der Waals surface area contributed by atoms with E-state index in [4.69, 9.17) is 18.3 Å². The van der Waals surface area contributed by atoms with Gasteiger partial charge in [-0.15, -0.1) is 13.2 Å². The van der Waals surface area contributed by atoms with Crippen LogP contribution in [0.15, 0.2) is 60.2 Å². The van der Waals surface area contributed by atoms with E-state index in [0.717, 1.165) is 5.56 Å². The monoisotopic (exact) mass is 333 g/mol. The summed E-state index contributed by atoms with van der Waals surface area (Å²) in [5.41, 5.74) is 6.73. The zero-order valence-corrected chi connectivity index (χ0v) is 12.7. The van der Waals surface area contributed by atoms with Gasteiger partial charge in [-0.05, 0) is 36.1 Å². The first kappa shape index (κ1) is 16.5. The third-order valence-electron chi connectivity index (χ3n) is 4.26. The maximum absolute atomic E-state index is 12.3. The minimum Gasteiger partial charge on any atom is -0.478 e. The van der Waals surface area contributed by atoms with Crippen LogP contribution in [-0.4, -0.2) is 20.8 Å². The Bertz CT molecular complexity index is 727. The topological polar surface area (TPSA) is 44.5 Å². The molecule has 0 amide bonds. The molecular formula is C17H15BF3NO2. The van der Waals surface area contributed by atoms with Crippen molar-refractivity contribution in [1.82, 2.24) is 0 Å². The fourth-order valence-corrected chi connectivity index (χ4v) is 3.15. The van der Waals surface area contributed by atoms with Crippen molar-refractivity contribution < 1.29 is 22.6 Å². The highest BCUT2D eigenvalue weighted by Crippen LogP contribution is 2.43. The van der Waals surface area contributed by atoms with E-state index in [-0.39, 0.29) is 11.7 Å². The fourth-order valence-electron chi connectivity index (χ4n) is 3.15. The van der Waals surface area contributed by atoms with Gasteiger partial charge in [0.15, 0.2) is 5.88 Å². The highest BCUT2D eigenvalue weighted by Gasteiger charge is 2.43. The summed E-state index contributed by atoms with van der Waals surface area (Å²) in [6.07, 6.45) is 1.93. The first-order chi connectivity index (χ1) is 11.3. The molecule has 1 aliphatic heterocycles. The van der Waals surface area contributed by atoms with E-state index < -0.39 is 11.8 Å². The second-order valence-corrected chi connectivity index (χ2v) is 5.86. The van der Waals surface area contributed by atoms with Crippen molar-refractivity contribution in [1.29, 1.82) is 0 Å². The van der Waals surface area contributed by atoms with Crippen molar-refractivity contribution in [2.45, 2.75) is 18.2 Å². The molecule has 0 fully saturated rings. The maximum atomic E-state index is 12.3. The van der Waals surface area contributed by atoms with Crippen LogP contribution in [0.1, 0.15) is 12.0 Å². The average molecular weight is 333 g/mol. The van der Waals surface area contributed by atoms with Crippen LogP contribution in [0, 0.1) is 5.92 Å². The third-order valence-corrected chi connectivity index (χ3v) is 4.26. The van der Waals surface area contributed by atoms with Gasteiger partial charge < -0.3 is 15.2 Å². The van der Waals surface area contributed by atoms with Gasteiger partial charge in [-0.25, -0.2) is 0 Å². The van der Waals surface area contributed by atoms with Gasteiger partial charge in [-0.3, -0.25) is 0 Å². The Balaban J connectivity index is 1.89. The molecule has 1 aromatic rings. The van der Waals surface area contributed by atoms with Crippen LogP contribution in [0.5, 0.6) is 0 Å². The summed E-state index contributed by atoms with van der Waals surface area (Å²) in [5, 5.41) is 0. The van der Waals surface area contributed by atoms with Crippen molar-refractivity contribution in [3.8, 4) is 0 Å². The number of benzene rings is 1. The van der Waals surface area contributed by atoms with Gasteiger partial charge >= 0.3 is 6.36 Å². The Morgan fingerprint density at radius 1 is 1.33 bits per heavy atom. The molecule has 0 spiro atoms. The molecule has 0 saturated carbocycles. The number of ether oxygens (including phenoxy) is 2. The second-order valence-electron chi connectivity index (χ2n) is 5.86. The van der Waals surface area contributed by atoms with E-state index in [1.807, 2.05) is 18.2 Å². The predicted molar refractivity (Wildman–Crippen MR) is 84.2 cm³/mol. The van der Waals surface area contributed by atoms with E-state index in [0.29, 0.717) is 24.4 Å². The van der Waals surface area contributed by atoms with Crippen LogP contribution in [-0.2, 0) is 14.9 Å². The van der Waals surface area contributed by atoms with Gasteiger partial charge in [0.2, 0.25) is 0 Å². The smallest absolute Gasteiger partial charge is 0.478 e. The summed E-state index contributed by atoms with van der Waals surface area (Å²) in [4.78, 5) is 0. The number of rotatable bonds is 3. The Kier molecular flexibility index (Phi) is 4.11. The molecule has 2 atom stereocenters. The molecule has 1 aliphatic carbocycles. The summed E-state index contributed by atoms with van der Waals surface area (Å²) in [5.74, 6) is -0.0366. The van der Waals surface area contributed by atoms with E-state index in [2.05, 4.69) is 4.74 Å². The summed E-state index contributed by atoms with van der Waals surface area (Å²) in [7, 11) is 5.87. The standard InChI is InChI=1S/C17H15BF3NO2/c18-13-3-1-2-12(8-13)16(9-15(22)23-10-16)11-4-6-14(7-5-11)24-17(19,20)21/h1-4,6-9,11H,5,10,22H2. The molecule has 3 nitrogen and oxygen atoms in total. The van der Waals surface area contributed by atoms with Crippen molar-refractivity contribution in [2.75, 3.05) is 6.61 Å². The van der Waals surface area contributed by atoms with Crippen molar-refractivity contribution in [3.63, 3.8) is 0 Å². The van der Waals surface area contributed by atoms with Crippen LogP contribution in [0.3, 0.4) is 0 Å². The molecule has 0 bridgehead atoms. The highest BCUT2D eigenvalue weighted by atomic mass is 19.4. The fraction of sp³-hybridized carbons (Fsp3) is 0.294. The molecule has 3 rings (SSSR count). The van der Waals surface area contributed by atoms with E-state index in [1.165, 1.54) is 12.2 Å². The first-order valence-corrected chi connectivity index (χ1v) is 7.40. The lowest BCUT2D eigenvalue weighted by Crippen LogP contribution is -2.35. The molecule has 2 N–H and O–H groups in total. The van der Waals surface area contributed by atoms with Crippen LogP contribution >= 0.6 is 0 Å². The Hall–Kier alpha value is -2.31. The van der Waals surface area contributed by atoms with Crippen LogP contribution in [0.25, 0.3) is 0 Å². The molecule has 1 heterocycles. The number of halogens is 3. The number of nitrogens with two attached hydrogens (primary N) is 1. The van der Waals surface area contributed by atoms with Gasteiger partial charge in [0.05, 0.1) is 5.41 Å². The average Bonchev–Trinajstić information content (AvgIpc) is 2.90. The van der Waals surface area contributed by atoms with E-state index in [1.54, 1.807) is 18.2 Å². The Morgan fingerprint density at radius 2 is 2.12 bits per heavy atom. The third kappa shape index (κ3) is 3.30. The van der Waals surface area contributed by atoms with Crippen LogP contribution < -0.4 is 11.2 Å². The number of hydrogen-bond donors (Lipinski definition) is 1. The summed E-state index contributed by atoms with van der Waals surface area (Å²) in [6, 6.07) is 7.34. The van der Waals surface area contributed by atoms with Gasteiger partial charge in [-0.2, -0.15) is 0 Å². The molecular weight excluding hydrogens is 318 g/mol. The predicted octanol–water partition coefficient (Wildman–Crippen LogP) is 2.54. The molecule has 0 aromatic heterocycles. The Morgan fingerprint density at radius 3 is 2.67 bits per heavy atom. The summed E-state index contributed by atoms with van der Waals surface area (Å²) in [6.45, 7) is 0.306. The van der Waals surface area contributed by atoms with Gasteiger partial charge in [0.1, 0.15) is 20.2 Å². The van der Waals surface area contributed by atoms with Crippen molar-refractivity contribution >= 4 is 13.3 Å². The minimum atomic E-state index is -4.70. The van der Waals surface area contributed by atoms with Gasteiger partial charge in [0, 0.05) is 0 Å². The lowest BCUT2D eigenvalue weighted by molar-refractivity contribution is -0.303. The van der Waals surface area contributed by atoms with E-state index >= 15 is 0 Å². The lowest BCUT2D eigenvalue weighted by atomic mass is 9.68.